The number of nitrogens with zero attached hydrogens (tertiary/aromatic N) is 2. The minimum atomic E-state index is -0.846. The highest BCUT2D eigenvalue weighted by molar-refractivity contribution is 5.79. The minimum Gasteiger partial charge on any atom is -0.369 e. The molecular formula is C15H19F2N3. The van der Waals surface area contributed by atoms with Gasteiger partial charge in [0.25, 0.3) is 0 Å². The first-order chi connectivity index (χ1) is 9.61. The molecule has 0 spiro atoms. The van der Waals surface area contributed by atoms with E-state index in [1.165, 1.54) is 12.5 Å². The highest BCUT2D eigenvalue weighted by Gasteiger charge is 2.27. The molecule has 1 aromatic heterocycles. The van der Waals surface area contributed by atoms with Crippen molar-refractivity contribution >= 4 is 17.0 Å². The van der Waals surface area contributed by atoms with Gasteiger partial charge in [-0.05, 0) is 30.9 Å². The lowest BCUT2D eigenvalue weighted by Gasteiger charge is -2.30. The van der Waals surface area contributed by atoms with Crippen molar-refractivity contribution in [1.29, 1.82) is 0 Å². The largest absolute Gasteiger partial charge is 0.369 e. The van der Waals surface area contributed by atoms with Gasteiger partial charge in [0.15, 0.2) is 11.6 Å². The van der Waals surface area contributed by atoms with Crippen LogP contribution < -0.4 is 5.73 Å². The van der Waals surface area contributed by atoms with Crippen molar-refractivity contribution < 1.29 is 8.78 Å². The molecule has 2 N–H and O–H groups in total. The molecule has 0 aliphatic heterocycles. The fourth-order valence-corrected chi connectivity index (χ4v) is 3.38. The smallest absolute Gasteiger partial charge is 0.201 e. The SMILES string of the molecule is CCC1CCCC(n2c(N)nc3ccc(F)c(F)c32)C1. The topological polar surface area (TPSA) is 43.8 Å². The molecule has 2 aromatic rings. The Morgan fingerprint density at radius 1 is 1.35 bits per heavy atom. The summed E-state index contributed by atoms with van der Waals surface area (Å²) >= 11 is 0. The van der Waals surface area contributed by atoms with Crippen LogP contribution in [0.3, 0.4) is 0 Å². The fourth-order valence-electron chi connectivity index (χ4n) is 3.38. The summed E-state index contributed by atoms with van der Waals surface area (Å²) in [5.41, 5.74) is 6.60. The highest BCUT2D eigenvalue weighted by Crippen LogP contribution is 2.38. The molecule has 1 aromatic carbocycles. The van der Waals surface area contributed by atoms with Crippen molar-refractivity contribution in [2.45, 2.75) is 45.1 Å². The first kappa shape index (κ1) is 13.3. The maximum atomic E-state index is 14.1. The van der Waals surface area contributed by atoms with Crippen LogP contribution in [0.2, 0.25) is 0 Å². The van der Waals surface area contributed by atoms with Gasteiger partial charge in [-0.1, -0.05) is 26.2 Å². The average molecular weight is 279 g/mol. The summed E-state index contributed by atoms with van der Waals surface area (Å²) < 4.78 is 29.3. The van der Waals surface area contributed by atoms with E-state index in [1.807, 2.05) is 0 Å². The molecule has 20 heavy (non-hydrogen) atoms. The van der Waals surface area contributed by atoms with Crippen LogP contribution in [0.25, 0.3) is 11.0 Å². The maximum absolute atomic E-state index is 14.1. The third kappa shape index (κ3) is 2.05. The van der Waals surface area contributed by atoms with Crippen LogP contribution in [0.1, 0.15) is 45.1 Å². The van der Waals surface area contributed by atoms with Gasteiger partial charge in [0.1, 0.15) is 5.52 Å². The number of aromatic nitrogens is 2. The number of nitrogens with two attached hydrogens (primary N) is 1. The Balaban J connectivity index is 2.10. The Morgan fingerprint density at radius 3 is 2.90 bits per heavy atom. The van der Waals surface area contributed by atoms with E-state index in [2.05, 4.69) is 11.9 Å². The van der Waals surface area contributed by atoms with Crippen molar-refractivity contribution in [3.63, 3.8) is 0 Å². The maximum Gasteiger partial charge on any atom is 0.201 e. The molecule has 1 aliphatic carbocycles. The highest BCUT2D eigenvalue weighted by atomic mass is 19.2. The quantitative estimate of drug-likeness (QED) is 0.901. The molecular weight excluding hydrogens is 260 g/mol. The van der Waals surface area contributed by atoms with Crippen LogP contribution in [-0.4, -0.2) is 9.55 Å². The van der Waals surface area contributed by atoms with E-state index < -0.39 is 11.6 Å². The van der Waals surface area contributed by atoms with Gasteiger partial charge in [0.05, 0.1) is 5.52 Å². The molecule has 1 aliphatic rings. The van der Waals surface area contributed by atoms with Gasteiger partial charge < -0.3 is 10.3 Å². The van der Waals surface area contributed by atoms with Crippen molar-refractivity contribution in [1.82, 2.24) is 9.55 Å². The lowest BCUT2D eigenvalue weighted by atomic mass is 9.84. The van der Waals surface area contributed by atoms with Crippen molar-refractivity contribution in [2.75, 3.05) is 5.73 Å². The van der Waals surface area contributed by atoms with Crippen LogP contribution in [0.15, 0.2) is 12.1 Å². The monoisotopic (exact) mass is 279 g/mol. The number of rotatable bonds is 2. The number of hydrogen-bond acceptors (Lipinski definition) is 2. The summed E-state index contributed by atoms with van der Waals surface area (Å²) in [7, 11) is 0. The van der Waals surface area contributed by atoms with Crippen molar-refractivity contribution in [3.05, 3.63) is 23.8 Å². The third-order valence-electron chi connectivity index (χ3n) is 4.47. The molecule has 0 amide bonds. The van der Waals surface area contributed by atoms with Gasteiger partial charge >= 0.3 is 0 Å². The number of benzene rings is 1. The molecule has 108 valence electrons. The van der Waals surface area contributed by atoms with Gasteiger partial charge in [-0.2, -0.15) is 0 Å². The molecule has 0 radical (unpaired) electrons. The van der Waals surface area contributed by atoms with Gasteiger partial charge in [0, 0.05) is 6.04 Å². The Labute approximate surface area is 116 Å². The van der Waals surface area contributed by atoms with Crippen LogP contribution in [0, 0.1) is 17.6 Å². The Morgan fingerprint density at radius 2 is 2.15 bits per heavy atom. The second-order valence-corrected chi connectivity index (χ2v) is 5.66. The Bertz CT molecular complexity index is 636. The minimum absolute atomic E-state index is 0.120. The molecule has 5 heteroatoms. The number of fused-ring (bicyclic) bond motifs is 1. The van der Waals surface area contributed by atoms with Crippen LogP contribution in [0.4, 0.5) is 14.7 Å². The molecule has 3 nitrogen and oxygen atoms in total. The van der Waals surface area contributed by atoms with E-state index in [-0.39, 0.29) is 17.5 Å². The molecule has 0 bridgehead atoms. The molecule has 1 saturated carbocycles. The molecule has 1 fully saturated rings. The van der Waals surface area contributed by atoms with Crippen molar-refractivity contribution in [3.8, 4) is 0 Å². The van der Waals surface area contributed by atoms with E-state index >= 15 is 0 Å². The normalized spacial score (nSPS) is 23.4. The second kappa shape index (κ2) is 5.04. The molecule has 1 heterocycles. The number of hydrogen-bond donors (Lipinski definition) is 1. The lowest BCUT2D eigenvalue weighted by Crippen LogP contribution is -2.20. The van der Waals surface area contributed by atoms with E-state index in [0.29, 0.717) is 11.4 Å². The van der Waals surface area contributed by atoms with E-state index in [0.717, 1.165) is 31.7 Å². The fraction of sp³-hybridized carbons (Fsp3) is 0.533. The van der Waals surface area contributed by atoms with Gasteiger partial charge in [0.2, 0.25) is 5.95 Å². The van der Waals surface area contributed by atoms with Crippen molar-refractivity contribution in [2.24, 2.45) is 5.92 Å². The van der Waals surface area contributed by atoms with E-state index in [9.17, 15) is 8.78 Å². The molecule has 2 atom stereocenters. The first-order valence-electron chi connectivity index (χ1n) is 7.23. The summed E-state index contributed by atoms with van der Waals surface area (Å²) in [5.74, 6) is -0.778. The summed E-state index contributed by atoms with van der Waals surface area (Å²) in [6, 6.07) is 2.71. The lowest BCUT2D eigenvalue weighted by molar-refractivity contribution is 0.266. The summed E-state index contributed by atoms with van der Waals surface area (Å²) in [6.07, 6.45) is 5.32. The number of imidazole rings is 1. The predicted molar refractivity (Wildman–Crippen MR) is 75.3 cm³/mol. The molecule has 3 rings (SSSR count). The van der Waals surface area contributed by atoms with Crippen LogP contribution in [0.5, 0.6) is 0 Å². The average Bonchev–Trinajstić information content (AvgIpc) is 2.80. The predicted octanol–water partition coefficient (Wildman–Crippen LogP) is 4.04. The van der Waals surface area contributed by atoms with Crippen LogP contribution in [-0.2, 0) is 0 Å². The van der Waals surface area contributed by atoms with Gasteiger partial charge in [-0.15, -0.1) is 0 Å². The molecule has 0 saturated heterocycles. The zero-order valence-corrected chi connectivity index (χ0v) is 11.6. The van der Waals surface area contributed by atoms with Gasteiger partial charge in [-0.3, -0.25) is 0 Å². The summed E-state index contributed by atoms with van der Waals surface area (Å²) in [5, 5.41) is 0. The van der Waals surface area contributed by atoms with Crippen LogP contribution >= 0.6 is 0 Å². The third-order valence-corrected chi connectivity index (χ3v) is 4.47. The van der Waals surface area contributed by atoms with Gasteiger partial charge in [-0.25, -0.2) is 13.8 Å². The number of nitrogen functional groups attached to an aromatic ring is 1. The summed E-state index contributed by atoms with van der Waals surface area (Å²) in [4.78, 5) is 4.18. The Kier molecular flexibility index (Phi) is 3.36. The first-order valence-corrected chi connectivity index (χ1v) is 7.23. The second-order valence-electron chi connectivity index (χ2n) is 5.66. The number of anilines is 1. The Hall–Kier alpha value is -1.65. The van der Waals surface area contributed by atoms with E-state index in [4.69, 9.17) is 5.73 Å². The standard InChI is InChI=1S/C15H19F2N3/c1-2-9-4-3-5-10(8-9)20-14-12(19-15(20)18)7-6-11(16)13(14)17/h6-7,9-10H,2-5,8H2,1H3,(H2,18,19). The summed E-state index contributed by atoms with van der Waals surface area (Å²) in [6.45, 7) is 2.17. The zero-order chi connectivity index (χ0) is 14.3. The number of halogens is 2. The zero-order valence-electron chi connectivity index (χ0n) is 11.6. The molecule has 2 unspecified atom stereocenters. The van der Waals surface area contributed by atoms with E-state index in [1.54, 1.807) is 4.57 Å².